The Morgan fingerprint density at radius 3 is 3.12 bits per heavy atom. The maximum absolute atomic E-state index is 11.5. The third-order valence-electron chi connectivity index (χ3n) is 2.43. The van der Waals surface area contributed by atoms with Crippen LogP contribution in [0.3, 0.4) is 0 Å². The van der Waals surface area contributed by atoms with Crippen LogP contribution in [0.2, 0.25) is 6.82 Å². The van der Waals surface area contributed by atoms with Gasteiger partial charge in [-0.05, 0) is 18.5 Å². The molecular formula is C11H13BN2O2. The summed E-state index contributed by atoms with van der Waals surface area (Å²) in [7, 11) is 0.892. The number of esters is 1. The number of pyridine rings is 1. The normalized spacial score (nSPS) is 10.4. The molecule has 0 spiro atoms. The highest BCUT2D eigenvalue weighted by atomic mass is 16.5. The molecule has 2 rings (SSSR count). The lowest BCUT2D eigenvalue weighted by Crippen LogP contribution is -2.14. The second kappa shape index (κ2) is 4.39. The van der Waals surface area contributed by atoms with Crippen molar-refractivity contribution in [3.8, 4) is 0 Å². The van der Waals surface area contributed by atoms with Gasteiger partial charge in [-0.25, -0.2) is 9.78 Å². The zero-order valence-corrected chi connectivity index (χ0v) is 9.43. The van der Waals surface area contributed by atoms with E-state index in [4.69, 9.17) is 4.74 Å². The summed E-state index contributed by atoms with van der Waals surface area (Å²) in [4.78, 5) is 15.8. The molecule has 0 aromatic carbocycles. The summed E-state index contributed by atoms with van der Waals surface area (Å²) in [5.41, 5.74) is 2.31. The van der Waals surface area contributed by atoms with Crippen molar-refractivity contribution in [1.29, 1.82) is 0 Å². The number of aromatic nitrogens is 2. The molecule has 0 radical (unpaired) electrons. The largest absolute Gasteiger partial charge is 0.461 e. The maximum atomic E-state index is 11.5. The molecule has 16 heavy (non-hydrogen) atoms. The first kappa shape index (κ1) is 10.7. The molecule has 0 aliphatic rings. The number of hydrogen-bond donors (Lipinski definition) is 0. The van der Waals surface area contributed by atoms with Crippen LogP contribution in [0, 0.1) is 0 Å². The minimum absolute atomic E-state index is 0.364. The molecule has 4 nitrogen and oxygen atoms in total. The zero-order chi connectivity index (χ0) is 11.5. The fourth-order valence-corrected chi connectivity index (χ4v) is 1.65. The van der Waals surface area contributed by atoms with Crippen LogP contribution in [0.1, 0.15) is 17.4 Å². The Kier molecular flexibility index (Phi) is 2.94. The van der Waals surface area contributed by atoms with Crippen LogP contribution < -0.4 is 5.46 Å². The van der Waals surface area contributed by atoms with E-state index in [1.807, 2.05) is 22.7 Å². The van der Waals surface area contributed by atoms with Crippen LogP contribution in [0.5, 0.6) is 0 Å². The minimum Gasteiger partial charge on any atom is -0.461 e. The summed E-state index contributed by atoms with van der Waals surface area (Å²) < 4.78 is 6.77. The van der Waals surface area contributed by atoms with Gasteiger partial charge in [0, 0.05) is 12.4 Å². The molecule has 0 aliphatic carbocycles. The first-order chi connectivity index (χ1) is 7.76. The molecule has 0 unspecified atom stereocenters. The van der Waals surface area contributed by atoms with Gasteiger partial charge in [0.2, 0.25) is 0 Å². The lowest BCUT2D eigenvalue weighted by Gasteiger charge is -1.97. The molecule has 2 aromatic rings. The van der Waals surface area contributed by atoms with Crippen molar-refractivity contribution in [3.63, 3.8) is 0 Å². The van der Waals surface area contributed by atoms with Gasteiger partial charge in [-0.2, -0.15) is 0 Å². The van der Waals surface area contributed by atoms with Crippen LogP contribution in [-0.4, -0.2) is 29.2 Å². The van der Waals surface area contributed by atoms with Crippen molar-refractivity contribution >= 4 is 24.4 Å². The number of hydrogen-bond acceptors (Lipinski definition) is 3. The lowest BCUT2D eigenvalue weighted by atomic mass is 9.74. The number of imidazole rings is 1. The van der Waals surface area contributed by atoms with Crippen molar-refractivity contribution in [2.24, 2.45) is 0 Å². The Labute approximate surface area is 94.5 Å². The second-order valence-corrected chi connectivity index (χ2v) is 3.46. The highest BCUT2D eigenvalue weighted by Gasteiger charge is 2.12. The fourth-order valence-electron chi connectivity index (χ4n) is 1.65. The van der Waals surface area contributed by atoms with E-state index < -0.39 is 0 Å². The van der Waals surface area contributed by atoms with Gasteiger partial charge in [0.05, 0.1) is 6.61 Å². The Balaban J connectivity index is 2.47. The van der Waals surface area contributed by atoms with E-state index in [1.54, 1.807) is 13.1 Å². The molecule has 0 saturated heterocycles. The van der Waals surface area contributed by atoms with E-state index in [9.17, 15) is 4.79 Å². The van der Waals surface area contributed by atoms with Crippen molar-refractivity contribution in [2.45, 2.75) is 13.7 Å². The van der Waals surface area contributed by atoms with Crippen molar-refractivity contribution < 1.29 is 9.53 Å². The molecule has 0 aliphatic heterocycles. The maximum Gasteiger partial charge on any atom is 0.358 e. The van der Waals surface area contributed by atoms with Crippen molar-refractivity contribution in [2.75, 3.05) is 6.61 Å². The number of fused-ring (bicyclic) bond motifs is 1. The van der Waals surface area contributed by atoms with Crippen LogP contribution in [0.25, 0.3) is 5.65 Å². The monoisotopic (exact) mass is 216 g/mol. The number of nitrogens with zero attached hydrogens (tertiary/aromatic N) is 2. The minimum atomic E-state index is -0.367. The van der Waals surface area contributed by atoms with Gasteiger partial charge >= 0.3 is 5.97 Å². The average molecular weight is 216 g/mol. The van der Waals surface area contributed by atoms with E-state index in [2.05, 4.69) is 11.8 Å². The van der Waals surface area contributed by atoms with Gasteiger partial charge in [-0.15, -0.1) is 0 Å². The third kappa shape index (κ3) is 1.80. The summed E-state index contributed by atoms with van der Waals surface area (Å²) in [5.74, 6) is -0.367. The summed E-state index contributed by atoms with van der Waals surface area (Å²) in [6.45, 7) is 4.21. The van der Waals surface area contributed by atoms with Crippen LogP contribution in [0.4, 0.5) is 0 Å². The number of carbonyl (C=O) groups excluding carboxylic acids is 1. The summed E-state index contributed by atoms with van der Waals surface area (Å²) in [5, 5.41) is 0. The highest BCUT2D eigenvalue weighted by Crippen LogP contribution is 2.04. The molecule has 0 bridgehead atoms. The Morgan fingerprint density at radius 1 is 1.62 bits per heavy atom. The van der Waals surface area contributed by atoms with E-state index in [0.717, 1.165) is 18.4 Å². The smallest absolute Gasteiger partial charge is 0.358 e. The molecular weight excluding hydrogens is 203 g/mol. The van der Waals surface area contributed by atoms with Crippen molar-refractivity contribution in [3.05, 3.63) is 30.2 Å². The second-order valence-electron chi connectivity index (χ2n) is 3.46. The highest BCUT2D eigenvalue weighted by molar-refractivity contribution is 6.54. The molecule has 2 heterocycles. The predicted octanol–water partition coefficient (Wildman–Crippen LogP) is 0.621. The van der Waals surface area contributed by atoms with Gasteiger partial charge in [-0.3, -0.25) is 0 Å². The number of carbonyl (C=O) groups is 1. The van der Waals surface area contributed by atoms with Gasteiger partial charge in [-0.1, -0.05) is 12.9 Å². The van der Waals surface area contributed by atoms with Crippen LogP contribution in [-0.2, 0) is 4.74 Å². The Bertz CT molecular complexity index is 522. The molecule has 0 fully saturated rings. The zero-order valence-electron chi connectivity index (χ0n) is 9.43. The topological polar surface area (TPSA) is 43.6 Å². The quantitative estimate of drug-likeness (QED) is 0.558. The van der Waals surface area contributed by atoms with Gasteiger partial charge in [0.1, 0.15) is 5.65 Å². The molecule has 0 atom stereocenters. The SMILES string of the molecule is CBc1cccn2cc(C(=O)OCC)nc12. The average Bonchev–Trinajstić information content (AvgIpc) is 2.72. The molecule has 0 amide bonds. The summed E-state index contributed by atoms with van der Waals surface area (Å²) >= 11 is 0. The van der Waals surface area contributed by atoms with Crippen LogP contribution in [0.15, 0.2) is 24.5 Å². The van der Waals surface area contributed by atoms with Gasteiger partial charge < -0.3 is 9.14 Å². The van der Waals surface area contributed by atoms with E-state index in [-0.39, 0.29) is 5.97 Å². The Morgan fingerprint density at radius 2 is 2.44 bits per heavy atom. The standard InChI is InChI=1S/C11H13BN2O2/c1-3-16-11(15)9-7-14-6-4-5-8(12-2)10(14)13-9/h4-7,12H,3H2,1-2H3. The van der Waals surface area contributed by atoms with E-state index in [1.165, 1.54) is 0 Å². The predicted molar refractivity (Wildman–Crippen MR) is 63.8 cm³/mol. The fraction of sp³-hybridized carbons (Fsp3) is 0.273. The first-order valence-electron chi connectivity index (χ1n) is 5.40. The van der Waals surface area contributed by atoms with Gasteiger partial charge in [0.15, 0.2) is 13.0 Å². The molecule has 0 N–H and O–H groups in total. The number of rotatable bonds is 3. The van der Waals surface area contributed by atoms with E-state index >= 15 is 0 Å². The molecule has 82 valence electrons. The molecule has 5 heteroatoms. The number of ether oxygens (including phenoxy) is 1. The third-order valence-corrected chi connectivity index (χ3v) is 2.43. The molecule has 2 aromatic heterocycles. The van der Waals surface area contributed by atoms with Crippen molar-refractivity contribution in [1.82, 2.24) is 9.38 Å². The van der Waals surface area contributed by atoms with E-state index in [0.29, 0.717) is 12.3 Å². The Hall–Kier alpha value is -1.78. The molecule has 0 saturated carbocycles. The van der Waals surface area contributed by atoms with Crippen LogP contribution >= 0.6 is 0 Å². The van der Waals surface area contributed by atoms with Gasteiger partial charge in [0.25, 0.3) is 0 Å². The summed E-state index contributed by atoms with van der Waals surface area (Å²) in [6.07, 6.45) is 3.58. The summed E-state index contributed by atoms with van der Waals surface area (Å²) in [6, 6.07) is 3.96. The lowest BCUT2D eigenvalue weighted by molar-refractivity contribution is 0.0520. The first-order valence-corrected chi connectivity index (χ1v) is 5.40.